The molecule has 0 aliphatic carbocycles. The van der Waals surface area contributed by atoms with Crippen LogP contribution in [-0.4, -0.2) is 5.84 Å². The quantitative estimate of drug-likeness (QED) is 0.508. The predicted molar refractivity (Wildman–Crippen MR) is 55.1 cm³/mol. The van der Waals surface area contributed by atoms with Gasteiger partial charge in [0.15, 0.2) is 0 Å². The topological polar surface area (TPSA) is 38.4 Å². The van der Waals surface area contributed by atoms with Gasteiger partial charge < -0.3 is 5.73 Å². The average Bonchev–Trinajstić information content (AvgIpc) is 2.02. The van der Waals surface area contributed by atoms with Crippen molar-refractivity contribution in [1.29, 1.82) is 0 Å². The van der Waals surface area contributed by atoms with E-state index in [1.165, 1.54) is 0 Å². The summed E-state index contributed by atoms with van der Waals surface area (Å²) in [5.41, 5.74) is 6.59. The molecule has 0 fully saturated rings. The van der Waals surface area contributed by atoms with Crippen molar-refractivity contribution in [1.82, 2.24) is 0 Å². The monoisotopic (exact) mass is 168 g/mol. The molecule has 0 aromatic carbocycles. The zero-order valence-corrected chi connectivity index (χ0v) is 8.59. The van der Waals surface area contributed by atoms with Crippen LogP contribution >= 0.6 is 0 Å². The maximum absolute atomic E-state index is 5.70. The second kappa shape index (κ2) is 4.96. The van der Waals surface area contributed by atoms with Gasteiger partial charge in [0.05, 0.1) is 0 Å². The maximum Gasteiger partial charge on any atom is 0.102 e. The van der Waals surface area contributed by atoms with Crippen LogP contribution in [0.15, 0.2) is 17.3 Å². The number of hydrogen-bond acceptors (Lipinski definition) is 1. The molecule has 2 nitrogen and oxygen atoms in total. The first-order chi connectivity index (χ1) is 5.49. The van der Waals surface area contributed by atoms with Crippen LogP contribution in [0.5, 0.6) is 0 Å². The van der Waals surface area contributed by atoms with E-state index in [9.17, 15) is 0 Å². The van der Waals surface area contributed by atoms with Gasteiger partial charge in [0.2, 0.25) is 0 Å². The minimum absolute atomic E-state index is 0.311. The molecule has 0 heterocycles. The van der Waals surface area contributed by atoms with Crippen molar-refractivity contribution in [3.63, 3.8) is 0 Å². The number of allylic oxidation sites excluding steroid dienone is 1. The molecule has 0 aromatic heterocycles. The van der Waals surface area contributed by atoms with E-state index < -0.39 is 0 Å². The van der Waals surface area contributed by atoms with E-state index in [0.717, 1.165) is 12.1 Å². The van der Waals surface area contributed by atoms with E-state index >= 15 is 0 Å². The van der Waals surface area contributed by atoms with E-state index in [-0.39, 0.29) is 0 Å². The lowest BCUT2D eigenvalue weighted by Gasteiger charge is -2.10. The molecule has 0 aromatic rings. The van der Waals surface area contributed by atoms with Crippen molar-refractivity contribution in [2.45, 2.75) is 34.1 Å². The Hall–Kier alpha value is -0.790. The lowest BCUT2D eigenvalue weighted by atomic mass is 10.1. The molecule has 0 aliphatic rings. The maximum atomic E-state index is 5.70. The summed E-state index contributed by atoms with van der Waals surface area (Å²) < 4.78 is 0. The fourth-order valence-corrected chi connectivity index (χ4v) is 0.641. The van der Waals surface area contributed by atoms with Crippen LogP contribution in [0.1, 0.15) is 34.1 Å². The molecule has 0 saturated heterocycles. The summed E-state index contributed by atoms with van der Waals surface area (Å²) in [4.78, 5) is 4.25. The van der Waals surface area contributed by atoms with Crippen LogP contribution in [0, 0.1) is 11.8 Å². The fraction of sp³-hybridized carbons (Fsp3) is 0.700. The van der Waals surface area contributed by atoms with Gasteiger partial charge in [-0.25, -0.2) is 4.99 Å². The second-order valence-electron chi connectivity index (χ2n) is 3.49. The lowest BCUT2D eigenvalue weighted by molar-refractivity contribution is 0.648. The molecular weight excluding hydrogens is 148 g/mol. The SMILES string of the molecule is C=C(N=C(N)C(C)C)C(C)CC. The molecule has 0 spiro atoms. The third kappa shape index (κ3) is 3.56. The van der Waals surface area contributed by atoms with Gasteiger partial charge in [0.25, 0.3) is 0 Å². The molecule has 0 radical (unpaired) electrons. The van der Waals surface area contributed by atoms with Gasteiger partial charge >= 0.3 is 0 Å². The van der Waals surface area contributed by atoms with Gasteiger partial charge in [0, 0.05) is 11.6 Å². The molecule has 0 amide bonds. The van der Waals surface area contributed by atoms with Gasteiger partial charge in [0.1, 0.15) is 5.84 Å². The summed E-state index contributed by atoms with van der Waals surface area (Å²) in [7, 11) is 0. The van der Waals surface area contributed by atoms with Crippen molar-refractivity contribution >= 4 is 5.84 Å². The smallest absolute Gasteiger partial charge is 0.102 e. The van der Waals surface area contributed by atoms with E-state index in [1.807, 2.05) is 13.8 Å². The van der Waals surface area contributed by atoms with Crippen molar-refractivity contribution < 1.29 is 0 Å². The third-order valence-corrected chi connectivity index (χ3v) is 2.05. The Balaban J connectivity index is 4.23. The predicted octanol–water partition coefficient (Wildman–Crippen LogP) is 2.56. The summed E-state index contributed by atoms with van der Waals surface area (Å²) >= 11 is 0. The summed E-state index contributed by atoms with van der Waals surface area (Å²) in [5, 5.41) is 0. The Bertz CT molecular complexity index is 180. The highest BCUT2D eigenvalue weighted by Crippen LogP contribution is 2.13. The van der Waals surface area contributed by atoms with Gasteiger partial charge in [-0.05, 0) is 12.3 Å². The van der Waals surface area contributed by atoms with Crippen LogP contribution in [-0.2, 0) is 0 Å². The largest absolute Gasteiger partial charge is 0.387 e. The molecule has 0 aliphatic heterocycles. The van der Waals surface area contributed by atoms with Gasteiger partial charge in [-0.2, -0.15) is 0 Å². The minimum atomic E-state index is 0.311. The van der Waals surface area contributed by atoms with E-state index in [0.29, 0.717) is 17.7 Å². The summed E-state index contributed by atoms with van der Waals surface area (Å²) in [5.74, 6) is 1.42. The summed E-state index contributed by atoms with van der Waals surface area (Å²) in [6.45, 7) is 12.2. The number of nitrogens with two attached hydrogens (primary N) is 1. The standard InChI is InChI=1S/C10H20N2/c1-6-8(4)9(5)12-10(11)7(2)3/h7-8H,5-6H2,1-4H3,(H2,11,12). The highest BCUT2D eigenvalue weighted by molar-refractivity contribution is 5.83. The molecule has 1 atom stereocenters. The Labute approximate surface area is 75.6 Å². The zero-order chi connectivity index (χ0) is 9.72. The van der Waals surface area contributed by atoms with Crippen molar-refractivity contribution in [3.05, 3.63) is 12.3 Å². The van der Waals surface area contributed by atoms with Crippen molar-refractivity contribution in [2.24, 2.45) is 22.6 Å². The van der Waals surface area contributed by atoms with Crippen LogP contribution in [0.4, 0.5) is 0 Å². The number of rotatable bonds is 4. The zero-order valence-electron chi connectivity index (χ0n) is 8.59. The minimum Gasteiger partial charge on any atom is -0.387 e. The number of nitrogens with zero attached hydrogens (tertiary/aromatic N) is 1. The van der Waals surface area contributed by atoms with Crippen LogP contribution in [0.25, 0.3) is 0 Å². The average molecular weight is 168 g/mol. The second-order valence-corrected chi connectivity index (χ2v) is 3.49. The lowest BCUT2D eigenvalue weighted by Crippen LogP contribution is -2.19. The molecule has 2 N–H and O–H groups in total. The number of aliphatic imine (C=N–C) groups is 1. The first kappa shape index (κ1) is 11.2. The van der Waals surface area contributed by atoms with Crippen LogP contribution < -0.4 is 5.73 Å². The normalized spacial score (nSPS) is 14.9. The van der Waals surface area contributed by atoms with Gasteiger partial charge in [-0.15, -0.1) is 0 Å². The highest BCUT2D eigenvalue weighted by Gasteiger charge is 2.04. The Morgan fingerprint density at radius 3 is 2.25 bits per heavy atom. The Morgan fingerprint density at radius 1 is 1.42 bits per heavy atom. The Kier molecular flexibility index (Phi) is 4.64. The number of amidine groups is 1. The van der Waals surface area contributed by atoms with E-state index in [1.54, 1.807) is 0 Å². The fourth-order valence-electron chi connectivity index (χ4n) is 0.641. The molecular formula is C10H20N2. The molecule has 2 heteroatoms. The van der Waals surface area contributed by atoms with Gasteiger partial charge in [-0.3, -0.25) is 0 Å². The third-order valence-electron chi connectivity index (χ3n) is 2.05. The molecule has 12 heavy (non-hydrogen) atoms. The molecule has 0 bridgehead atoms. The van der Waals surface area contributed by atoms with Crippen LogP contribution in [0.2, 0.25) is 0 Å². The number of hydrogen-bond donors (Lipinski definition) is 1. The first-order valence-corrected chi connectivity index (χ1v) is 4.51. The molecule has 0 rings (SSSR count). The molecule has 1 unspecified atom stereocenters. The van der Waals surface area contributed by atoms with Crippen molar-refractivity contribution in [3.8, 4) is 0 Å². The van der Waals surface area contributed by atoms with E-state index in [4.69, 9.17) is 5.73 Å². The van der Waals surface area contributed by atoms with Crippen LogP contribution in [0.3, 0.4) is 0 Å². The molecule has 70 valence electrons. The highest BCUT2D eigenvalue weighted by atomic mass is 14.9. The first-order valence-electron chi connectivity index (χ1n) is 4.51. The summed E-state index contributed by atoms with van der Waals surface area (Å²) in [6.07, 6.45) is 1.06. The van der Waals surface area contributed by atoms with E-state index in [2.05, 4.69) is 25.4 Å². The summed E-state index contributed by atoms with van der Waals surface area (Å²) in [6, 6.07) is 0. The molecule has 0 saturated carbocycles. The Morgan fingerprint density at radius 2 is 1.92 bits per heavy atom. The van der Waals surface area contributed by atoms with Gasteiger partial charge in [-0.1, -0.05) is 34.3 Å². The van der Waals surface area contributed by atoms with Crippen molar-refractivity contribution in [2.75, 3.05) is 0 Å².